The maximum atomic E-state index is 12.2. The summed E-state index contributed by atoms with van der Waals surface area (Å²) in [6.45, 7) is 10.0. The zero-order valence-electron chi connectivity index (χ0n) is 14.2. The number of hydrogen-bond donors (Lipinski definition) is 0. The van der Waals surface area contributed by atoms with Crippen molar-refractivity contribution in [1.82, 2.24) is 9.80 Å². The largest absolute Gasteiger partial charge is 0.374 e. The van der Waals surface area contributed by atoms with Gasteiger partial charge in [0.2, 0.25) is 0 Å². The average molecular weight is 311 g/mol. The van der Waals surface area contributed by atoms with Crippen LogP contribution in [0, 0.1) is 16.7 Å². The molecule has 4 heteroatoms. The summed E-state index contributed by atoms with van der Waals surface area (Å²) in [5.41, 5.74) is 1.06. The summed E-state index contributed by atoms with van der Waals surface area (Å²) in [7, 11) is 0. The maximum Gasteiger partial charge on any atom is 0.180 e. The normalized spacial score (nSPS) is 17.0. The number of allylic oxidation sites excluding steroid dienone is 1. The van der Waals surface area contributed by atoms with E-state index in [-0.39, 0.29) is 11.4 Å². The van der Waals surface area contributed by atoms with Gasteiger partial charge in [-0.1, -0.05) is 51.1 Å². The Kier molecular flexibility index (Phi) is 5.57. The fourth-order valence-electron chi connectivity index (χ4n) is 2.62. The van der Waals surface area contributed by atoms with E-state index in [4.69, 9.17) is 0 Å². The van der Waals surface area contributed by atoms with Crippen LogP contribution in [0.15, 0.2) is 42.1 Å². The summed E-state index contributed by atoms with van der Waals surface area (Å²) >= 11 is 0. The van der Waals surface area contributed by atoms with Crippen molar-refractivity contribution < 1.29 is 4.79 Å². The highest BCUT2D eigenvalue weighted by Crippen LogP contribution is 2.20. The van der Waals surface area contributed by atoms with Crippen LogP contribution >= 0.6 is 0 Å². The monoisotopic (exact) mass is 311 g/mol. The smallest absolute Gasteiger partial charge is 0.180 e. The molecule has 1 saturated heterocycles. The number of carbonyl (C=O) groups excluding carboxylic acids is 1. The van der Waals surface area contributed by atoms with Gasteiger partial charge in [-0.05, 0) is 5.56 Å². The highest BCUT2D eigenvalue weighted by Gasteiger charge is 2.26. The molecule has 1 aromatic carbocycles. The van der Waals surface area contributed by atoms with Gasteiger partial charge in [0, 0.05) is 44.3 Å². The summed E-state index contributed by atoms with van der Waals surface area (Å²) in [5.74, 6) is -0.0910. The lowest BCUT2D eigenvalue weighted by Gasteiger charge is -2.34. The van der Waals surface area contributed by atoms with Gasteiger partial charge in [0.15, 0.2) is 5.78 Å². The van der Waals surface area contributed by atoms with Crippen molar-refractivity contribution in [3.05, 3.63) is 47.7 Å². The van der Waals surface area contributed by atoms with Crippen LogP contribution in [0.25, 0.3) is 0 Å². The minimum atomic E-state index is -0.517. The van der Waals surface area contributed by atoms with Gasteiger partial charge in [0.25, 0.3) is 0 Å². The molecule has 2 rings (SSSR count). The Morgan fingerprint density at radius 1 is 1.17 bits per heavy atom. The molecule has 1 fully saturated rings. The highest BCUT2D eigenvalue weighted by molar-refractivity contribution is 6.02. The standard InChI is InChI=1S/C19H25N3O/c1-19(2,3)18(23)17(13-20)15-22-11-9-21(10-12-22)14-16-7-5-4-6-8-16/h4-8,15H,9-12,14H2,1-3H3/b17-15-. The first-order valence-corrected chi connectivity index (χ1v) is 8.07. The zero-order chi connectivity index (χ0) is 16.9. The summed E-state index contributed by atoms with van der Waals surface area (Å²) in [6.07, 6.45) is 1.74. The minimum absolute atomic E-state index is 0.0910. The Morgan fingerprint density at radius 3 is 2.30 bits per heavy atom. The molecule has 0 aliphatic carbocycles. The Hall–Kier alpha value is -2.12. The second kappa shape index (κ2) is 7.43. The Bertz CT molecular complexity index is 600. The molecule has 0 aromatic heterocycles. The van der Waals surface area contributed by atoms with E-state index in [1.54, 1.807) is 6.20 Å². The molecule has 0 bridgehead atoms. The van der Waals surface area contributed by atoms with Crippen molar-refractivity contribution in [3.8, 4) is 6.07 Å². The predicted molar refractivity (Wildman–Crippen MR) is 91.5 cm³/mol. The van der Waals surface area contributed by atoms with Crippen molar-refractivity contribution in [3.63, 3.8) is 0 Å². The Morgan fingerprint density at radius 2 is 1.78 bits per heavy atom. The number of nitriles is 1. The van der Waals surface area contributed by atoms with E-state index >= 15 is 0 Å². The molecule has 0 unspecified atom stereocenters. The molecular weight excluding hydrogens is 286 g/mol. The van der Waals surface area contributed by atoms with Crippen molar-refractivity contribution >= 4 is 5.78 Å². The lowest BCUT2D eigenvalue weighted by Crippen LogP contribution is -2.43. The number of benzene rings is 1. The van der Waals surface area contributed by atoms with Crippen molar-refractivity contribution in [2.45, 2.75) is 27.3 Å². The van der Waals surface area contributed by atoms with Crippen LogP contribution in [0.2, 0.25) is 0 Å². The van der Waals surface area contributed by atoms with Crippen molar-refractivity contribution in [1.29, 1.82) is 5.26 Å². The minimum Gasteiger partial charge on any atom is -0.374 e. The molecule has 1 aliphatic rings. The number of nitrogens with zero attached hydrogens (tertiary/aromatic N) is 3. The molecule has 0 amide bonds. The number of carbonyl (C=O) groups is 1. The molecule has 1 aliphatic heterocycles. The maximum absolute atomic E-state index is 12.2. The molecule has 0 radical (unpaired) electrons. The third-order valence-electron chi connectivity index (χ3n) is 4.01. The van der Waals surface area contributed by atoms with Crippen LogP contribution in [-0.4, -0.2) is 41.8 Å². The summed E-state index contributed by atoms with van der Waals surface area (Å²) in [4.78, 5) is 16.7. The van der Waals surface area contributed by atoms with Crippen molar-refractivity contribution in [2.24, 2.45) is 5.41 Å². The van der Waals surface area contributed by atoms with Crippen LogP contribution < -0.4 is 0 Å². The Labute approximate surface area is 139 Å². The number of Topliss-reactive ketones (excluding diaryl/α,β-unsaturated/α-hetero) is 1. The van der Waals surface area contributed by atoms with E-state index in [9.17, 15) is 10.1 Å². The molecule has 122 valence electrons. The predicted octanol–water partition coefficient (Wildman–Crippen LogP) is 2.83. The fourth-order valence-corrected chi connectivity index (χ4v) is 2.62. The van der Waals surface area contributed by atoms with Gasteiger partial charge in [-0.2, -0.15) is 5.26 Å². The molecule has 0 atom stereocenters. The van der Waals surface area contributed by atoms with Gasteiger partial charge in [0.05, 0.1) is 0 Å². The molecule has 1 aromatic rings. The van der Waals surface area contributed by atoms with E-state index < -0.39 is 5.41 Å². The Balaban J connectivity index is 1.92. The van der Waals surface area contributed by atoms with Gasteiger partial charge in [-0.3, -0.25) is 9.69 Å². The number of hydrogen-bond acceptors (Lipinski definition) is 4. The second-order valence-corrected chi connectivity index (χ2v) is 7.03. The third kappa shape index (κ3) is 4.94. The topological polar surface area (TPSA) is 47.3 Å². The molecule has 0 spiro atoms. The first-order valence-electron chi connectivity index (χ1n) is 8.07. The van der Waals surface area contributed by atoms with Gasteiger partial charge >= 0.3 is 0 Å². The van der Waals surface area contributed by atoms with Gasteiger partial charge in [-0.25, -0.2) is 0 Å². The molecular formula is C19H25N3O. The van der Waals surface area contributed by atoms with Crippen LogP contribution in [0.4, 0.5) is 0 Å². The quantitative estimate of drug-likeness (QED) is 0.634. The van der Waals surface area contributed by atoms with Gasteiger partial charge in [0.1, 0.15) is 11.6 Å². The van der Waals surface area contributed by atoms with Crippen LogP contribution in [0.1, 0.15) is 26.3 Å². The molecule has 23 heavy (non-hydrogen) atoms. The van der Waals surface area contributed by atoms with Gasteiger partial charge < -0.3 is 4.90 Å². The summed E-state index contributed by atoms with van der Waals surface area (Å²) in [6, 6.07) is 12.5. The van der Waals surface area contributed by atoms with Gasteiger partial charge in [-0.15, -0.1) is 0 Å². The summed E-state index contributed by atoms with van der Waals surface area (Å²) in [5, 5.41) is 9.26. The second-order valence-electron chi connectivity index (χ2n) is 7.03. The van der Waals surface area contributed by atoms with E-state index in [0.717, 1.165) is 32.7 Å². The van der Waals surface area contributed by atoms with Crippen LogP contribution in [0.3, 0.4) is 0 Å². The zero-order valence-corrected chi connectivity index (χ0v) is 14.2. The van der Waals surface area contributed by atoms with E-state index in [1.807, 2.05) is 26.8 Å². The summed E-state index contributed by atoms with van der Waals surface area (Å²) < 4.78 is 0. The first-order chi connectivity index (χ1) is 10.9. The van der Waals surface area contributed by atoms with E-state index in [2.05, 4.69) is 40.1 Å². The third-order valence-corrected chi connectivity index (χ3v) is 4.01. The van der Waals surface area contributed by atoms with Crippen LogP contribution in [0.5, 0.6) is 0 Å². The lowest BCUT2D eigenvalue weighted by atomic mass is 9.87. The molecule has 0 N–H and O–H groups in total. The highest BCUT2D eigenvalue weighted by atomic mass is 16.1. The number of rotatable bonds is 4. The fraction of sp³-hybridized carbons (Fsp3) is 0.474. The molecule has 1 heterocycles. The van der Waals surface area contributed by atoms with Crippen molar-refractivity contribution in [2.75, 3.05) is 26.2 Å². The molecule has 0 saturated carbocycles. The average Bonchev–Trinajstić information content (AvgIpc) is 2.53. The number of ketones is 1. The lowest BCUT2D eigenvalue weighted by molar-refractivity contribution is -0.122. The van der Waals surface area contributed by atoms with Crippen LogP contribution in [-0.2, 0) is 11.3 Å². The first kappa shape index (κ1) is 17.2. The molecule has 4 nitrogen and oxygen atoms in total. The SMILES string of the molecule is CC(C)(C)C(=O)/C(C#N)=C\N1CCN(Cc2ccccc2)CC1. The number of piperazine rings is 1. The van der Waals surface area contributed by atoms with E-state index in [1.165, 1.54) is 5.56 Å². The van der Waals surface area contributed by atoms with E-state index in [0.29, 0.717) is 0 Å².